The molecule has 0 aliphatic carbocycles. The van der Waals surface area contributed by atoms with E-state index in [0.29, 0.717) is 40.5 Å². The van der Waals surface area contributed by atoms with Crippen molar-refractivity contribution >= 4 is 44.6 Å². The Kier molecular flexibility index (Phi) is 4.96. The zero-order valence-corrected chi connectivity index (χ0v) is 18.0. The van der Waals surface area contributed by atoms with E-state index >= 15 is 0 Å². The van der Waals surface area contributed by atoms with E-state index in [1.807, 2.05) is 0 Å². The second-order valence-corrected chi connectivity index (χ2v) is 9.73. The minimum Gasteiger partial charge on any atom is -0.488 e. The number of amides is 1. The van der Waals surface area contributed by atoms with Gasteiger partial charge in [0.15, 0.2) is 0 Å². The number of fused-ring (bicyclic) bond motifs is 2. The van der Waals surface area contributed by atoms with E-state index in [-0.39, 0.29) is 30.5 Å². The number of aromatic nitrogens is 2. The molecule has 1 N–H and O–H groups in total. The van der Waals surface area contributed by atoms with Gasteiger partial charge in [0.05, 0.1) is 5.57 Å². The Hall–Kier alpha value is -2.88. The first-order chi connectivity index (χ1) is 14.9. The molecule has 2 aliphatic rings. The zero-order chi connectivity index (χ0) is 21.6. The Labute approximate surface area is 184 Å². The Morgan fingerprint density at radius 1 is 1.16 bits per heavy atom. The molecule has 160 valence electrons. The summed E-state index contributed by atoms with van der Waals surface area (Å²) in [5.41, 5.74) is 1.81. The van der Waals surface area contributed by atoms with E-state index in [9.17, 15) is 13.2 Å². The van der Waals surface area contributed by atoms with Crippen LogP contribution in [0.15, 0.2) is 53.2 Å². The smallest absolute Gasteiger partial charge is 0.253 e. The summed E-state index contributed by atoms with van der Waals surface area (Å²) in [5.74, 6) is 0.532. The monoisotopic (exact) mass is 458 g/mol. The fraction of sp³-hybridized carbons (Fsp3) is 0.238. The van der Waals surface area contributed by atoms with Gasteiger partial charge in [-0.05, 0) is 36.4 Å². The van der Waals surface area contributed by atoms with Crippen molar-refractivity contribution in [2.75, 3.05) is 32.8 Å². The van der Waals surface area contributed by atoms with Crippen LogP contribution in [0.2, 0.25) is 5.02 Å². The summed E-state index contributed by atoms with van der Waals surface area (Å²) in [6, 6.07) is 8.70. The highest BCUT2D eigenvalue weighted by molar-refractivity contribution is 7.89. The van der Waals surface area contributed by atoms with Crippen LogP contribution < -0.4 is 4.74 Å². The van der Waals surface area contributed by atoms with Gasteiger partial charge in [0.1, 0.15) is 22.9 Å². The number of pyridine rings is 1. The van der Waals surface area contributed by atoms with Crippen LogP contribution in [0.3, 0.4) is 0 Å². The van der Waals surface area contributed by atoms with Crippen LogP contribution in [-0.2, 0) is 14.8 Å². The number of hydrogen-bond donors (Lipinski definition) is 1. The van der Waals surface area contributed by atoms with Gasteiger partial charge in [-0.15, -0.1) is 0 Å². The van der Waals surface area contributed by atoms with Crippen LogP contribution in [0.4, 0.5) is 0 Å². The number of H-pyrrole nitrogens is 1. The number of benzene rings is 1. The maximum Gasteiger partial charge on any atom is 0.253 e. The third kappa shape index (κ3) is 3.58. The van der Waals surface area contributed by atoms with Gasteiger partial charge in [-0.1, -0.05) is 11.6 Å². The molecule has 4 heterocycles. The van der Waals surface area contributed by atoms with E-state index in [0.717, 1.165) is 5.56 Å². The predicted octanol–water partition coefficient (Wildman–Crippen LogP) is 2.53. The normalized spacial score (nSPS) is 17.2. The molecule has 2 aliphatic heterocycles. The molecular weight excluding hydrogens is 440 g/mol. The molecule has 0 saturated carbocycles. The summed E-state index contributed by atoms with van der Waals surface area (Å²) in [7, 11) is -3.69. The Bertz CT molecular complexity index is 1310. The van der Waals surface area contributed by atoms with Gasteiger partial charge < -0.3 is 14.6 Å². The van der Waals surface area contributed by atoms with Gasteiger partial charge in [-0.3, -0.25) is 4.79 Å². The summed E-state index contributed by atoms with van der Waals surface area (Å²) in [6.45, 7) is 1.22. The largest absolute Gasteiger partial charge is 0.488 e. The lowest BCUT2D eigenvalue weighted by molar-refractivity contribution is -0.128. The van der Waals surface area contributed by atoms with Gasteiger partial charge in [-0.2, -0.15) is 4.31 Å². The molecule has 2 aromatic heterocycles. The van der Waals surface area contributed by atoms with E-state index in [1.165, 1.54) is 10.5 Å². The summed E-state index contributed by atoms with van der Waals surface area (Å²) in [5, 5.41) is 1.13. The third-order valence-electron chi connectivity index (χ3n) is 5.52. The molecule has 0 unspecified atom stereocenters. The van der Waals surface area contributed by atoms with E-state index in [4.69, 9.17) is 16.3 Å². The minimum absolute atomic E-state index is 0.154. The van der Waals surface area contributed by atoms with Crippen molar-refractivity contribution in [3.63, 3.8) is 0 Å². The fourth-order valence-electron chi connectivity index (χ4n) is 3.89. The average Bonchev–Trinajstić information content (AvgIpc) is 3.23. The summed E-state index contributed by atoms with van der Waals surface area (Å²) >= 11 is 6.04. The Morgan fingerprint density at radius 3 is 2.77 bits per heavy atom. The second-order valence-electron chi connectivity index (χ2n) is 7.39. The molecular formula is C21H19ClN4O4S. The van der Waals surface area contributed by atoms with Gasteiger partial charge in [0.2, 0.25) is 10.0 Å². The summed E-state index contributed by atoms with van der Waals surface area (Å²) in [4.78, 5) is 21.9. The Balaban J connectivity index is 1.31. The predicted molar refractivity (Wildman–Crippen MR) is 116 cm³/mol. The molecule has 5 rings (SSSR count). The lowest BCUT2D eigenvalue weighted by Crippen LogP contribution is -2.51. The number of halogens is 1. The molecule has 1 fully saturated rings. The average molecular weight is 459 g/mol. The maximum atomic E-state index is 13.1. The van der Waals surface area contributed by atoms with Crippen LogP contribution in [-0.4, -0.2) is 66.3 Å². The number of nitrogens with zero attached hydrogens (tertiary/aromatic N) is 3. The second kappa shape index (κ2) is 7.67. The summed E-state index contributed by atoms with van der Waals surface area (Å²) < 4.78 is 33.4. The van der Waals surface area contributed by atoms with Gasteiger partial charge >= 0.3 is 0 Å². The highest BCUT2D eigenvalue weighted by Gasteiger charge is 2.33. The van der Waals surface area contributed by atoms with Gasteiger partial charge in [0, 0.05) is 54.5 Å². The lowest BCUT2D eigenvalue weighted by atomic mass is 10.1. The molecule has 8 nitrogen and oxygen atoms in total. The third-order valence-corrected chi connectivity index (χ3v) is 7.69. The van der Waals surface area contributed by atoms with Crippen LogP contribution in [0.5, 0.6) is 5.75 Å². The lowest BCUT2D eigenvalue weighted by Gasteiger charge is -2.34. The number of rotatable bonds is 3. The number of aromatic amines is 1. The molecule has 31 heavy (non-hydrogen) atoms. The van der Waals surface area contributed by atoms with Crippen molar-refractivity contribution in [1.82, 2.24) is 19.2 Å². The van der Waals surface area contributed by atoms with Crippen molar-refractivity contribution in [2.45, 2.75) is 4.90 Å². The van der Waals surface area contributed by atoms with Crippen LogP contribution >= 0.6 is 11.6 Å². The number of carbonyl (C=O) groups is 1. The van der Waals surface area contributed by atoms with Crippen LogP contribution in [0.1, 0.15) is 5.56 Å². The number of hydrogen-bond acceptors (Lipinski definition) is 5. The standard InChI is InChI=1S/C21H19ClN4O4S/c22-16-3-4-18-14(11-16)10-15(13-30-18)21(27)25-6-8-26(9-7-25)31(28,29)19-12-24-20-17(19)2-1-5-23-20/h1-5,10-12H,6-9,13H2,(H,23,24). The fourth-order valence-corrected chi connectivity index (χ4v) is 5.64. The first-order valence-corrected chi connectivity index (χ1v) is 11.6. The summed E-state index contributed by atoms with van der Waals surface area (Å²) in [6.07, 6.45) is 4.86. The SMILES string of the molecule is O=C(C1=Cc2cc(Cl)ccc2OC1)N1CCN(S(=O)(=O)c2c[nH]c3ncccc23)CC1. The first kappa shape index (κ1) is 20.0. The molecule has 0 spiro atoms. The minimum atomic E-state index is -3.69. The first-order valence-electron chi connectivity index (χ1n) is 9.78. The maximum absolute atomic E-state index is 13.1. The molecule has 1 amide bonds. The molecule has 10 heteroatoms. The van der Waals surface area contributed by atoms with Crippen molar-refractivity contribution in [3.05, 3.63) is 58.9 Å². The van der Waals surface area contributed by atoms with Crippen molar-refractivity contribution in [3.8, 4) is 5.75 Å². The number of piperazine rings is 1. The van der Waals surface area contributed by atoms with Crippen molar-refractivity contribution in [1.29, 1.82) is 0 Å². The van der Waals surface area contributed by atoms with Crippen molar-refractivity contribution in [2.24, 2.45) is 0 Å². The van der Waals surface area contributed by atoms with Gasteiger partial charge in [0.25, 0.3) is 5.91 Å². The van der Waals surface area contributed by atoms with E-state index in [1.54, 1.807) is 47.5 Å². The highest BCUT2D eigenvalue weighted by Crippen LogP contribution is 2.30. The molecule has 0 atom stereocenters. The van der Waals surface area contributed by atoms with E-state index in [2.05, 4.69) is 9.97 Å². The van der Waals surface area contributed by atoms with Crippen LogP contribution in [0.25, 0.3) is 17.1 Å². The topological polar surface area (TPSA) is 95.6 Å². The van der Waals surface area contributed by atoms with Gasteiger partial charge in [-0.25, -0.2) is 13.4 Å². The van der Waals surface area contributed by atoms with Crippen LogP contribution in [0, 0.1) is 0 Å². The highest BCUT2D eigenvalue weighted by atomic mass is 35.5. The quantitative estimate of drug-likeness (QED) is 0.650. The number of nitrogens with one attached hydrogen (secondary N) is 1. The van der Waals surface area contributed by atoms with E-state index < -0.39 is 10.0 Å². The molecule has 1 aromatic carbocycles. The Morgan fingerprint density at radius 2 is 1.97 bits per heavy atom. The number of sulfonamides is 1. The molecule has 0 radical (unpaired) electrons. The number of ether oxygens (including phenoxy) is 1. The zero-order valence-electron chi connectivity index (χ0n) is 16.4. The molecule has 0 bridgehead atoms. The molecule has 3 aromatic rings. The molecule has 1 saturated heterocycles. The van der Waals surface area contributed by atoms with Crippen molar-refractivity contribution < 1.29 is 17.9 Å². The number of carbonyl (C=O) groups excluding carboxylic acids is 1.